The van der Waals surface area contributed by atoms with Crippen molar-refractivity contribution in [2.75, 3.05) is 0 Å². The van der Waals surface area contributed by atoms with E-state index in [0.717, 1.165) is 0 Å². The Bertz CT molecular complexity index is 338. The lowest BCUT2D eigenvalue weighted by molar-refractivity contribution is -0.138. The first kappa shape index (κ1) is 9.34. The molecule has 1 rings (SSSR count). The maximum atomic E-state index is 10.4. The van der Waals surface area contributed by atoms with E-state index >= 15 is 0 Å². The number of aromatic nitrogens is 1. The molecule has 0 radical (unpaired) electrons. The molecule has 13 heavy (non-hydrogen) atoms. The topological polar surface area (TPSA) is 93.3 Å². The van der Waals surface area contributed by atoms with Gasteiger partial charge in [-0.3, -0.25) is 14.6 Å². The summed E-state index contributed by atoms with van der Waals surface area (Å²) >= 11 is 0. The van der Waals surface area contributed by atoms with Gasteiger partial charge in [-0.15, -0.1) is 0 Å². The number of pyridine rings is 1. The molecule has 0 amide bonds. The molecule has 5 nitrogen and oxygen atoms in total. The molecule has 0 aliphatic rings. The van der Waals surface area contributed by atoms with Gasteiger partial charge in [0, 0.05) is 11.8 Å². The van der Waals surface area contributed by atoms with Crippen LogP contribution in [0.15, 0.2) is 18.3 Å². The standard InChI is InChI=1S/C8H8N2O3/c9-7(8(12)13)6-3-5(4-11)1-2-10-6/h1-4,7H,9H2,(H,12,13)/t7-/m0/s1. The first-order chi connectivity index (χ1) is 6.15. The van der Waals surface area contributed by atoms with Crippen LogP contribution >= 0.6 is 0 Å². The summed E-state index contributed by atoms with van der Waals surface area (Å²) in [6.07, 6.45) is 1.96. The van der Waals surface area contributed by atoms with Crippen LogP contribution in [0.25, 0.3) is 0 Å². The van der Waals surface area contributed by atoms with Crippen molar-refractivity contribution in [1.29, 1.82) is 0 Å². The number of carbonyl (C=O) groups excluding carboxylic acids is 1. The van der Waals surface area contributed by atoms with Crippen molar-refractivity contribution in [3.05, 3.63) is 29.6 Å². The third-order valence-corrected chi connectivity index (χ3v) is 1.53. The first-order valence-electron chi connectivity index (χ1n) is 3.54. The van der Waals surface area contributed by atoms with Crippen molar-refractivity contribution in [2.45, 2.75) is 6.04 Å². The molecule has 0 unspecified atom stereocenters. The number of carboxylic acid groups (broad SMARTS) is 1. The molecule has 0 aliphatic carbocycles. The van der Waals surface area contributed by atoms with Crippen LogP contribution in [0.2, 0.25) is 0 Å². The van der Waals surface area contributed by atoms with Crippen LogP contribution in [-0.2, 0) is 4.79 Å². The zero-order valence-corrected chi connectivity index (χ0v) is 6.68. The molecule has 0 fully saturated rings. The van der Waals surface area contributed by atoms with Crippen molar-refractivity contribution in [2.24, 2.45) is 5.73 Å². The van der Waals surface area contributed by atoms with E-state index in [1.807, 2.05) is 0 Å². The second kappa shape index (κ2) is 3.77. The minimum absolute atomic E-state index is 0.178. The third-order valence-electron chi connectivity index (χ3n) is 1.53. The third kappa shape index (κ3) is 2.09. The highest BCUT2D eigenvalue weighted by Gasteiger charge is 2.15. The van der Waals surface area contributed by atoms with Crippen LogP contribution in [0.4, 0.5) is 0 Å². The van der Waals surface area contributed by atoms with Crippen LogP contribution in [-0.4, -0.2) is 22.3 Å². The molecule has 0 spiro atoms. The number of rotatable bonds is 3. The van der Waals surface area contributed by atoms with E-state index < -0.39 is 12.0 Å². The first-order valence-corrected chi connectivity index (χ1v) is 3.54. The lowest BCUT2D eigenvalue weighted by atomic mass is 10.1. The molecule has 1 heterocycles. The summed E-state index contributed by atoms with van der Waals surface area (Å²) in [5, 5.41) is 8.55. The Morgan fingerprint density at radius 3 is 2.92 bits per heavy atom. The summed E-state index contributed by atoms with van der Waals surface area (Å²) in [4.78, 5) is 24.5. The van der Waals surface area contributed by atoms with Crippen LogP contribution in [0.3, 0.4) is 0 Å². The molecule has 0 saturated heterocycles. The lowest BCUT2D eigenvalue weighted by Gasteiger charge is -2.04. The van der Waals surface area contributed by atoms with Crippen molar-refractivity contribution >= 4 is 12.3 Å². The van der Waals surface area contributed by atoms with Gasteiger partial charge in [0.25, 0.3) is 0 Å². The summed E-state index contributed by atoms with van der Waals surface area (Å²) in [6, 6.07) is 1.65. The molecule has 5 heteroatoms. The average Bonchev–Trinajstić information content (AvgIpc) is 2.16. The number of aldehydes is 1. The van der Waals surface area contributed by atoms with E-state index in [1.165, 1.54) is 18.3 Å². The highest BCUT2D eigenvalue weighted by atomic mass is 16.4. The Morgan fingerprint density at radius 2 is 2.38 bits per heavy atom. The number of carboxylic acids is 1. The van der Waals surface area contributed by atoms with E-state index in [9.17, 15) is 9.59 Å². The summed E-state index contributed by atoms with van der Waals surface area (Å²) in [5.74, 6) is -1.17. The van der Waals surface area contributed by atoms with E-state index in [2.05, 4.69) is 4.98 Å². The fraction of sp³-hybridized carbons (Fsp3) is 0.125. The Morgan fingerprint density at radius 1 is 1.69 bits per heavy atom. The predicted molar refractivity (Wildman–Crippen MR) is 44.2 cm³/mol. The van der Waals surface area contributed by atoms with E-state index in [4.69, 9.17) is 10.8 Å². The quantitative estimate of drug-likeness (QED) is 0.637. The number of nitrogens with zero attached hydrogens (tertiary/aromatic N) is 1. The summed E-state index contributed by atoms with van der Waals surface area (Å²) in [6.45, 7) is 0. The molecule has 3 N–H and O–H groups in total. The van der Waals surface area contributed by atoms with Crippen molar-refractivity contribution in [1.82, 2.24) is 4.98 Å². The van der Waals surface area contributed by atoms with Gasteiger partial charge in [0.1, 0.15) is 12.3 Å². The van der Waals surface area contributed by atoms with Crippen molar-refractivity contribution < 1.29 is 14.7 Å². The molecule has 1 atom stereocenters. The molecule has 1 aromatic rings. The zero-order valence-electron chi connectivity index (χ0n) is 6.68. The van der Waals surface area contributed by atoms with Gasteiger partial charge >= 0.3 is 5.97 Å². The van der Waals surface area contributed by atoms with Crippen LogP contribution in [0.5, 0.6) is 0 Å². The van der Waals surface area contributed by atoms with Gasteiger partial charge in [0.2, 0.25) is 0 Å². The molecule has 1 aromatic heterocycles. The molecular weight excluding hydrogens is 172 g/mol. The highest BCUT2D eigenvalue weighted by Crippen LogP contribution is 2.07. The Hall–Kier alpha value is -1.75. The average molecular weight is 180 g/mol. The van der Waals surface area contributed by atoms with Crippen LogP contribution < -0.4 is 5.73 Å². The number of nitrogens with two attached hydrogens (primary N) is 1. The largest absolute Gasteiger partial charge is 0.480 e. The Labute approximate surface area is 74.2 Å². The van der Waals surface area contributed by atoms with Gasteiger partial charge in [0.05, 0.1) is 5.69 Å². The smallest absolute Gasteiger partial charge is 0.326 e. The minimum Gasteiger partial charge on any atom is -0.480 e. The van der Waals surface area contributed by atoms with Gasteiger partial charge in [-0.05, 0) is 12.1 Å². The van der Waals surface area contributed by atoms with Gasteiger partial charge < -0.3 is 10.8 Å². The molecular formula is C8H8N2O3. The monoisotopic (exact) mass is 180 g/mol. The Balaban J connectivity index is 3.01. The maximum Gasteiger partial charge on any atom is 0.326 e. The number of hydrogen-bond acceptors (Lipinski definition) is 4. The highest BCUT2D eigenvalue weighted by molar-refractivity contribution is 5.77. The van der Waals surface area contributed by atoms with Gasteiger partial charge in [0.15, 0.2) is 0 Å². The molecule has 0 aromatic carbocycles. The molecule has 0 aliphatic heterocycles. The van der Waals surface area contributed by atoms with E-state index in [-0.39, 0.29) is 5.69 Å². The minimum atomic E-state index is -1.18. The Kier molecular flexibility index (Phi) is 2.71. The summed E-state index contributed by atoms with van der Waals surface area (Å²) < 4.78 is 0. The second-order valence-corrected chi connectivity index (χ2v) is 2.45. The SMILES string of the molecule is N[C@H](C(=O)O)c1cc(C=O)ccn1. The van der Waals surface area contributed by atoms with Crippen LogP contribution in [0.1, 0.15) is 22.1 Å². The van der Waals surface area contributed by atoms with Crippen LogP contribution in [0, 0.1) is 0 Å². The predicted octanol–water partition coefficient (Wildman–Crippen LogP) is -0.0215. The molecule has 68 valence electrons. The van der Waals surface area contributed by atoms with Crippen molar-refractivity contribution in [3.8, 4) is 0 Å². The number of hydrogen-bond donors (Lipinski definition) is 2. The van der Waals surface area contributed by atoms with Gasteiger partial charge in [-0.2, -0.15) is 0 Å². The van der Waals surface area contributed by atoms with E-state index in [0.29, 0.717) is 11.8 Å². The van der Waals surface area contributed by atoms with Gasteiger partial charge in [-0.1, -0.05) is 0 Å². The van der Waals surface area contributed by atoms with Gasteiger partial charge in [-0.25, -0.2) is 0 Å². The summed E-state index contributed by atoms with van der Waals surface area (Å²) in [5.41, 5.74) is 5.82. The summed E-state index contributed by atoms with van der Waals surface area (Å²) in [7, 11) is 0. The maximum absolute atomic E-state index is 10.4. The molecule has 0 bridgehead atoms. The number of carbonyl (C=O) groups is 2. The fourth-order valence-corrected chi connectivity index (χ4v) is 0.835. The molecule has 0 saturated carbocycles. The zero-order chi connectivity index (χ0) is 9.84. The fourth-order valence-electron chi connectivity index (χ4n) is 0.835. The normalized spacial score (nSPS) is 12.1. The number of aliphatic carboxylic acids is 1. The second-order valence-electron chi connectivity index (χ2n) is 2.45. The van der Waals surface area contributed by atoms with Crippen molar-refractivity contribution in [3.63, 3.8) is 0 Å². The lowest BCUT2D eigenvalue weighted by Crippen LogP contribution is -2.21. The van der Waals surface area contributed by atoms with E-state index in [1.54, 1.807) is 0 Å².